The SMILES string of the molecule is OCCCCCCC1COC2(CCCCC2)O1. The lowest BCUT2D eigenvalue weighted by molar-refractivity contribution is -0.187. The number of unbranched alkanes of at least 4 members (excludes halogenated alkanes) is 3. The molecule has 0 aromatic rings. The van der Waals surface area contributed by atoms with E-state index in [4.69, 9.17) is 14.6 Å². The summed E-state index contributed by atoms with van der Waals surface area (Å²) in [6.45, 7) is 1.12. The van der Waals surface area contributed by atoms with Crippen molar-refractivity contribution in [1.29, 1.82) is 0 Å². The van der Waals surface area contributed by atoms with Crippen LogP contribution in [0.25, 0.3) is 0 Å². The van der Waals surface area contributed by atoms with Crippen LogP contribution in [0, 0.1) is 0 Å². The van der Waals surface area contributed by atoms with Crippen molar-refractivity contribution in [1.82, 2.24) is 0 Å². The van der Waals surface area contributed by atoms with Gasteiger partial charge >= 0.3 is 0 Å². The predicted molar refractivity (Wildman–Crippen MR) is 66.8 cm³/mol. The number of hydrogen-bond acceptors (Lipinski definition) is 3. The van der Waals surface area contributed by atoms with Gasteiger partial charge in [-0.25, -0.2) is 0 Å². The minimum atomic E-state index is -0.200. The van der Waals surface area contributed by atoms with E-state index in [1.54, 1.807) is 0 Å². The van der Waals surface area contributed by atoms with Crippen LogP contribution in [0.15, 0.2) is 0 Å². The molecule has 100 valence electrons. The maximum absolute atomic E-state index is 8.70. The lowest BCUT2D eigenvalue weighted by atomic mass is 9.94. The van der Waals surface area contributed by atoms with Crippen LogP contribution in [0.4, 0.5) is 0 Å². The zero-order chi connectivity index (χ0) is 12.0. The first kappa shape index (κ1) is 13.3. The molecule has 1 heterocycles. The van der Waals surface area contributed by atoms with E-state index in [0.717, 1.165) is 38.7 Å². The molecule has 0 aromatic carbocycles. The smallest absolute Gasteiger partial charge is 0.168 e. The minimum Gasteiger partial charge on any atom is -0.396 e. The van der Waals surface area contributed by atoms with Crippen LogP contribution in [0.2, 0.25) is 0 Å². The van der Waals surface area contributed by atoms with Crippen LogP contribution in [-0.4, -0.2) is 30.2 Å². The molecule has 0 bridgehead atoms. The van der Waals surface area contributed by atoms with E-state index in [0.29, 0.717) is 12.7 Å². The van der Waals surface area contributed by atoms with Crippen molar-refractivity contribution in [2.45, 2.75) is 76.1 Å². The Bertz CT molecular complexity index is 212. The minimum absolute atomic E-state index is 0.200. The highest BCUT2D eigenvalue weighted by molar-refractivity contribution is 4.82. The summed E-state index contributed by atoms with van der Waals surface area (Å²) in [6, 6.07) is 0. The molecule has 1 saturated carbocycles. The topological polar surface area (TPSA) is 38.7 Å². The summed E-state index contributed by atoms with van der Waals surface area (Å²) in [5.74, 6) is -0.200. The molecule has 1 aliphatic carbocycles. The van der Waals surface area contributed by atoms with E-state index in [2.05, 4.69) is 0 Å². The normalized spacial score (nSPS) is 27.7. The highest BCUT2D eigenvalue weighted by Crippen LogP contribution is 2.38. The molecule has 1 unspecified atom stereocenters. The molecule has 2 fully saturated rings. The van der Waals surface area contributed by atoms with Crippen LogP contribution in [-0.2, 0) is 9.47 Å². The summed E-state index contributed by atoms with van der Waals surface area (Å²) >= 11 is 0. The fourth-order valence-corrected chi connectivity index (χ4v) is 2.95. The number of aliphatic hydroxyl groups excluding tert-OH is 1. The van der Waals surface area contributed by atoms with Crippen molar-refractivity contribution in [3.8, 4) is 0 Å². The Morgan fingerprint density at radius 3 is 2.53 bits per heavy atom. The molecule has 1 spiro atoms. The summed E-state index contributed by atoms with van der Waals surface area (Å²) in [6.07, 6.45) is 11.9. The fraction of sp³-hybridized carbons (Fsp3) is 1.00. The molecule has 1 atom stereocenters. The number of hydrogen-bond donors (Lipinski definition) is 1. The van der Waals surface area contributed by atoms with Crippen molar-refractivity contribution >= 4 is 0 Å². The molecule has 3 heteroatoms. The molecule has 2 aliphatic rings. The van der Waals surface area contributed by atoms with E-state index >= 15 is 0 Å². The largest absolute Gasteiger partial charge is 0.396 e. The van der Waals surface area contributed by atoms with Gasteiger partial charge in [-0.1, -0.05) is 25.7 Å². The van der Waals surface area contributed by atoms with Gasteiger partial charge in [0, 0.05) is 19.4 Å². The summed E-state index contributed by atoms with van der Waals surface area (Å²) < 4.78 is 12.0. The molecule has 1 saturated heterocycles. The third kappa shape index (κ3) is 3.94. The lowest BCUT2D eigenvalue weighted by Gasteiger charge is -2.31. The van der Waals surface area contributed by atoms with Crippen molar-refractivity contribution in [2.24, 2.45) is 0 Å². The Balaban J connectivity index is 1.60. The lowest BCUT2D eigenvalue weighted by Crippen LogP contribution is -2.33. The highest BCUT2D eigenvalue weighted by Gasteiger charge is 2.41. The number of aliphatic hydroxyl groups is 1. The molecular formula is C14H26O3. The third-order valence-electron chi connectivity index (χ3n) is 3.96. The summed E-state index contributed by atoms with van der Waals surface area (Å²) in [4.78, 5) is 0. The summed E-state index contributed by atoms with van der Waals surface area (Å²) in [7, 11) is 0. The molecule has 0 amide bonds. The maximum Gasteiger partial charge on any atom is 0.168 e. The molecule has 3 nitrogen and oxygen atoms in total. The van der Waals surface area contributed by atoms with E-state index < -0.39 is 0 Å². The molecule has 1 N–H and O–H groups in total. The van der Waals surface area contributed by atoms with E-state index in [-0.39, 0.29) is 5.79 Å². The highest BCUT2D eigenvalue weighted by atomic mass is 16.7. The standard InChI is InChI=1S/C14H26O3/c15-11-7-2-1-4-8-13-12-16-14(17-13)9-5-3-6-10-14/h13,15H,1-12H2. The monoisotopic (exact) mass is 242 g/mol. The summed E-state index contributed by atoms with van der Waals surface area (Å²) in [5.41, 5.74) is 0. The van der Waals surface area contributed by atoms with Gasteiger partial charge in [0.2, 0.25) is 0 Å². The summed E-state index contributed by atoms with van der Waals surface area (Å²) in [5, 5.41) is 8.70. The Labute approximate surface area is 104 Å². The van der Waals surface area contributed by atoms with Crippen LogP contribution >= 0.6 is 0 Å². The second kappa shape index (κ2) is 6.72. The second-order valence-corrected chi connectivity index (χ2v) is 5.45. The second-order valence-electron chi connectivity index (χ2n) is 5.45. The first-order chi connectivity index (χ1) is 8.35. The van der Waals surface area contributed by atoms with Gasteiger partial charge in [0.1, 0.15) is 0 Å². The molecular weight excluding hydrogens is 216 g/mol. The fourth-order valence-electron chi connectivity index (χ4n) is 2.95. The van der Waals surface area contributed by atoms with Gasteiger partial charge in [-0.15, -0.1) is 0 Å². The Kier molecular flexibility index (Phi) is 5.26. The average Bonchev–Trinajstić information content (AvgIpc) is 2.73. The molecule has 0 radical (unpaired) electrons. The van der Waals surface area contributed by atoms with Crippen molar-refractivity contribution in [2.75, 3.05) is 13.2 Å². The van der Waals surface area contributed by atoms with Crippen molar-refractivity contribution < 1.29 is 14.6 Å². The number of rotatable bonds is 6. The van der Waals surface area contributed by atoms with E-state index in [9.17, 15) is 0 Å². The number of ether oxygens (including phenoxy) is 2. The molecule has 1 aliphatic heterocycles. The quantitative estimate of drug-likeness (QED) is 0.728. The third-order valence-corrected chi connectivity index (χ3v) is 3.96. The zero-order valence-corrected chi connectivity index (χ0v) is 10.8. The van der Waals surface area contributed by atoms with Gasteiger partial charge in [0.15, 0.2) is 5.79 Å². The Morgan fingerprint density at radius 2 is 1.76 bits per heavy atom. The average molecular weight is 242 g/mol. The van der Waals surface area contributed by atoms with Gasteiger partial charge in [0.05, 0.1) is 12.7 Å². The predicted octanol–water partition coefficient (Wildman–Crippen LogP) is 3.01. The van der Waals surface area contributed by atoms with Crippen molar-refractivity contribution in [3.05, 3.63) is 0 Å². The molecule has 0 aromatic heterocycles. The first-order valence-corrected chi connectivity index (χ1v) is 7.27. The van der Waals surface area contributed by atoms with E-state index in [1.165, 1.54) is 32.1 Å². The van der Waals surface area contributed by atoms with Gasteiger partial charge in [0.25, 0.3) is 0 Å². The first-order valence-electron chi connectivity index (χ1n) is 7.27. The van der Waals surface area contributed by atoms with Gasteiger partial charge in [-0.3, -0.25) is 0 Å². The van der Waals surface area contributed by atoms with Crippen molar-refractivity contribution in [3.63, 3.8) is 0 Å². The van der Waals surface area contributed by atoms with Crippen LogP contribution in [0.1, 0.15) is 64.2 Å². The van der Waals surface area contributed by atoms with Crippen LogP contribution in [0.3, 0.4) is 0 Å². The van der Waals surface area contributed by atoms with Gasteiger partial charge < -0.3 is 14.6 Å². The van der Waals surface area contributed by atoms with Crippen LogP contribution in [0.5, 0.6) is 0 Å². The van der Waals surface area contributed by atoms with E-state index in [1.807, 2.05) is 0 Å². The molecule has 17 heavy (non-hydrogen) atoms. The Morgan fingerprint density at radius 1 is 1.00 bits per heavy atom. The molecule has 2 rings (SSSR count). The zero-order valence-electron chi connectivity index (χ0n) is 10.8. The maximum atomic E-state index is 8.70. The Hall–Kier alpha value is -0.120. The van der Waals surface area contributed by atoms with Gasteiger partial charge in [-0.2, -0.15) is 0 Å². The van der Waals surface area contributed by atoms with Crippen LogP contribution < -0.4 is 0 Å². The van der Waals surface area contributed by atoms with Gasteiger partial charge in [-0.05, 0) is 25.7 Å².